The van der Waals surface area contributed by atoms with Crippen LogP contribution in [-0.2, 0) is 16.1 Å². The standard InChI is InChI=1S/C25H22ClNO6S/c1-31-15-7-8-17(26)16(12-15)23(28)21-22(20-5-4-10-34-20)27(25(30)24(21)29)13-14-6-9-18(32-2)19(11-14)33-3/h4-12,22,28H,13H2,1-3H3/b23-21-. The fourth-order valence-corrected chi connectivity index (χ4v) is 4.97. The fourth-order valence-electron chi connectivity index (χ4n) is 3.92. The monoisotopic (exact) mass is 499 g/mol. The van der Waals surface area contributed by atoms with Gasteiger partial charge in [-0.25, -0.2) is 0 Å². The number of benzene rings is 2. The van der Waals surface area contributed by atoms with E-state index in [0.29, 0.717) is 17.2 Å². The van der Waals surface area contributed by atoms with E-state index in [-0.39, 0.29) is 28.5 Å². The van der Waals surface area contributed by atoms with Crippen LogP contribution in [0, 0.1) is 0 Å². The number of hydrogen-bond acceptors (Lipinski definition) is 7. The van der Waals surface area contributed by atoms with E-state index in [2.05, 4.69) is 0 Å². The van der Waals surface area contributed by atoms with Gasteiger partial charge in [-0.05, 0) is 47.3 Å². The molecule has 1 aromatic heterocycles. The number of halogens is 1. The number of nitrogens with zero attached hydrogens (tertiary/aromatic N) is 1. The second-order valence-corrected chi connectivity index (χ2v) is 8.86. The summed E-state index contributed by atoms with van der Waals surface area (Å²) in [6.07, 6.45) is 0. The summed E-state index contributed by atoms with van der Waals surface area (Å²) in [4.78, 5) is 28.5. The molecule has 1 aliphatic rings. The molecule has 0 spiro atoms. The Balaban J connectivity index is 1.83. The average molecular weight is 500 g/mol. The Morgan fingerprint density at radius 1 is 1.03 bits per heavy atom. The molecule has 0 radical (unpaired) electrons. The first-order chi connectivity index (χ1) is 16.4. The van der Waals surface area contributed by atoms with Gasteiger partial charge >= 0.3 is 0 Å². The van der Waals surface area contributed by atoms with Crippen LogP contribution in [0.4, 0.5) is 0 Å². The smallest absolute Gasteiger partial charge is 0.295 e. The number of aliphatic hydroxyl groups is 1. The quantitative estimate of drug-likeness (QED) is 0.278. The Morgan fingerprint density at radius 2 is 1.79 bits per heavy atom. The van der Waals surface area contributed by atoms with E-state index in [9.17, 15) is 14.7 Å². The van der Waals surface area contributed by atoms with E-state index in [1.54, 1.807) is 30.3 Å². The van der Waals surface area contributed by atoms with Gasteiger partial charge in [0.05, 0.1) is 38.0 Å². The van der Waals surface area contributed by atoms with E-state index < -0.39 is 17.7 Å². The van der Waals surface area contributed by atoms with Crippen LogP contribution in [0.2, 0.25) is 5.02 Å². The molecule has 34 heavy (non-hydrogen) atoms. The number of likely N-dealkylation sites (tertiary alicyclic amines) is 1. The lowest BCUT2D eigenvalue weighted by Gasteiger charge is -2.24. The topological polar surface area (TPSA) is 85.3 Å². The molecule has 4 rings (SSSR count). The minimum Gasteiger partial charge on any atom is -0.507 e. The second kappa shape index (κ2) is 9.79. The molecule has 3 aromatic rings. The predicted octanol–water partition coefficient (Wildman–Crippen LogP) is 5.05. The summed E-state index contributed by atoms with van der Waals surface area (Å²) in [6.45, 7) is 0.121. The normalized spacial score (nSPS) is 17.2. The molecule has 9 heteroatoms. The third-order valence-electron chi connectivity index (χ3n) is 5.58. The molecule has 7 nitrogen and oxygen atoms in total. The predicted molar refractivity (Wildman–Crippen MR) is 130 cm³/mol. The SMILES string of the molecule is COc1ccc(Cl)c(/C(O)=C2/C(=O)C(=O)N(Cc3ccc(OC)c(OC)c3)C2c2cccs2)c1. The first kappa shape index (κ1) is 23.7. The summed E-state index contributed by atoms with van der Waals surface area (Å²) in [5.41, 5.74) is 0.926. The van der Waals surface area contributed by atoms with Crippen molar-refractivity contribution in [1.29, 1.82) is 0 Å². The number of Topliss-reactive ketones (excluding diaryl/α,β-unsaturated/α-hetero) is 1. The highest BCUT2D eigenvalue weighted by Gasteiger charge is 2.46. The van der Waals surface area contributed by atoms with E-state index in [1.807, 2.05) is 17.5 Å². The van der Waals surface area contributed by atoms with Crippen molar-refractivity contribution in [2.24, 2.45) is 0 Å². The highest BCUT2D eigenvalue weighted by atomic mass is 35.5. The summed E-state index contributed by atoms with van der Waals surface area (Å²) < 4.78 is 15.9. The number of ether oxygens (including phenoxy) is 3. The third-order valence-corrected chi connectivity index (χ3v) is 6.84. The Hall–Kier alpha value is -3.49. The van der Waals surface area contributed by atoms with Crippen LogP contribution < -0.4 is 14.2 Å². The van der Waals surface area contributed by atoms with E-state index in [0.717, 1.165) is 10.4 Å². The Labute approximate surface area is 205 Å². The third kappa shape index (κ3) is 4.22. The number of thiophene rings is 1. The molecule has 176 valence electrons. The number of carbonyl (C=O) groups excluding carboxylic acids is 2. The number of ketones is 1. The van der Waals surface area contributed by atoms with Gasteiger partial charge < -0.3 is 24.2 Å². The maximum absolute atomic E-state index is 13.2. The molecule has 0 bridgehead atoms. The van der Waals surface area contributed by atoms with E-state index >= 15 is 0 Å². The van der Waals surface area contributed by atoms with Crippen LogP contribution in [0.3, 0.4) is 0 Å². The van der Waals surface area contributed by atoms with Crippen LogP contribution in [0.25, 0.3) is 5.76 Å². The van der Waals surface area contributed by atoms with Gasteiger partial charge in [-0.2, -0.15) is 0 Å². The van der Waals surface area contributed by atoms with E-state index in [4.69, 9.17) is 25.8 Å². The van der Waals surface area contributed by atoms with Crippen LogP contribution >= 0.6 is 22.9 Å². The molecule has 1 fully saturated rings. The summed E-state index contributed by atoms with van der Waals surface area (Å²) >= 11 is 7.72. The van der Waals surface area contributed by atoms with Crippen LogP contribution in [0.5, 0.6) is 17.2 Å². The van der Waals surface area contributed by atoms with Crippen molar-refractivity contribution in [3.05, 3.63) is 80.5 Å². The zero-order chi connectivity index (χ0) is 24.4. The molecular formula is C25H22ClNO6S. The van der Waals surface area contributed by atoms with Crippen LogP contribution in [0.15, 0.2) is 59.5 Å². The second-order valence-electron chi connectivity index (χ2n) is 7.48. The summed E-state index contributed by atoms with van der Waals surface area (Å²) in [5, 5.41) is 13.3. The minimum atomic E-state index is -0.782. The largest absolute Gasteiger partial charge is 0.507 e. The summed E-state index contributed by atoms with van der Waals surface area (Å²) in [7, 11) is 4.55. The summed E-state index contributed by atoms with van der Waals surface area (Å²) in [6, 6.07) is 12.9. The van der Waals surface area contributed by atoms with Crippen molar-refractivity contribution < 1.29 is 28.9 Å². The lowest BCUT2D eigenvalue weighted by atomic mass is 9.99. The molecule has 1 N–H and O–H groups in total. The van der Waals surface area contributed by atoms with Gasteiger partial charge in [0.1, 0.15) is 11.5 Å². The molecule has 1 saturated heterocycles. The Kier molecular flexibility index (Phi) is 6.81. The number of rotatable bonds is 7. The molecule has 1 aliphatic heterocycles. The van der Waals surface area contributed by atoms with Crippen LogP contribution in [0.1, 0.15) is 22.0 Å². The van der Waals surface area contributed by atoms with Crippen molar-refractivity contribution in [3.63, 3.8) is 0 Å². The fraction of sp³-hybridized carbons (Fsp3) is 0.200. The van der Waals surface area contributed by atoms with Gasteiger partial charge in [-0.15, -0.1) is 11.3 Å². The number of methoxy groups -OCH3 is 3. The molecule has 1 unspecified atom stereocenters. The summed E-state index contributed by atoms with van der Waals surface area (Å²) in [5.74, 6) is -0.333. The van der Waals surface area contributed by atoms with Crippen molar-refractivity contribution in [1.82, 2.24) is 4.90 Å². The molecule has 2 heterocycles. The molecule has 2 aromatic carbocycles. The number of aliphatic hydroxyl groups excluding tert-OH is 1. The molecule has 0 aliphatic carbocycles. The molecule has 1 atom stereocenters. The number of hydrogen-bond donors (Lipinski definition) is 1. The Bertz CT molecular complexity index is 1270. The lowest BCUT2D eigenvalue weighted by Crippen LogP contribution is -2.28. The van der Waals surface area contributed by atoms with Crippen molar-refractivity contribution in [2.75, 3.05) is 21.3 Å². The van der Waals surface area contributed by atoms with Crippen molar-refractivity contribution in [3.8, 4) is 17.2 Å². The first-order valence-corrected chi connectivity index (χ1v) is 11.5. The average Bonchev–Trinajstić information content (AvgIpc) is 3.46. The van der Waals surface area contributed by atoms with Gasteiger partial charge in [-0.1, -0.05) is 23.7 Å². The first-order valence-electron chi connectivity index (χ1n) is 10.3. The van der Waals surface area contributed by atoms with Gasteiger partial charge in [0.25, 0.3) is 11.7 Å². The number of carbonyl (C=O) groups is 2. The zero-order valence-electron chi connectivity index (χ0n) is 18.7. The van der Waals surface area contributed by atoms with Crippen molar-refractivity contribution >= 4 is 40.4 Å². The van der Waals surface area contributed by atoms with Gasteiger partial charge in [-0.3, -0.25) is 9.59 Å². The van der Waals surface area contributed by atoms with Crippen molar-refractivity contribution in [2.45, 2.75) is 12.6 Å². The maximum Gasteiger partial charge on any atom is 0.295 e. The molecule has 1 amide bonds. The van der Waals surface area contributed by atoms with Crippen LogP contribution in [-0.4, -0.2) is 43.0 Å². The highest BCUT2D eigenvalue weighted by molar-refractivity contribution is 7.10. The van der Waals surface area contributed by atoms with Gasteiger partial charge in [0.15, 0.2) is 11.5 Å². The zero-order valence-corrected chi connectivity index (χ0v) is 20.3. The molecular weight excluding hydrogens is 478 g/mol. The molecule has 0 saturated carbocycles. The Morgan fingerprint density at radius 3 is 2.44 bits per heavy atom. The maximum atomic E-state index is 13.2. The number of amides is 1. The van der Waals surface area contributed by atoms with Gasteiger partial charge in [0, 0.05) is 17.0 Å². The lowest BCUT2D eigenvalue weighted by molar-refractivity contribution is -0.140. The highest BCUT2D eigenvalue weighted by Crippen LogP contribution is 2.43. The minimum absolute atomic E-state index is 0.0249. The van der Waals surface area contributed by atoms with E-state index in [1.165, 1.54) is 43.6 Å². The van der Waals surface area contributed by atoms with Gasteiger partial charge in [0.2, 0.25) is 0 Å².